The number of nitrogens with zero attached hydrogens (tertiary/aromatic N) is 3. The summed E-state index contributed by atoms with van der Waals surface area (Å²) in [6.07, 6.45) is 3.66. The summed E-state index contributed by atoms with van der Waals surface area (Å²) in [5.41, 5.74) is 1.08. The molecule has 10 heteroatoms. The molecule has 0 unspecified atom stereocenters. The SMILES string of the molecule is CSc1ccccc1-c1nnc(NC(=O)c2ccc(S(=O)(=O)N3CCC(C)CC3)cc2)o1. The second-order valence-corrected chi connectivity index (χ2v) is 10.5. The van der Waals surface area contributed by atoms with Crippen LogP contribution in [0.2, 0.25) is 0 Å². The number of hydrogen-bond donors (Lipinski definition) is 1. The van der Waals surface area contributed by atoms with Crippen molar-refractivity contribution in [1.82, 2.24) is 14.5 Å². The Bertz CT molecular complexity index is 1200. The highest BCUT2D eigenvalue weighted by molar-refractivity contribution is 7.98. The molecule has 8 nitrogen and oxygen atoms in total. The number of hydrogen-bond acceptors (Lipinski definition) is 7. The molecule has 0 saturated carbocycles. The molecular weight excluding hydrogens is 448 g/mol. The molecule has 0 atom stereocenters. The number of carbonyl (C=O) groups is 1. The van der Waals surface area contributed by atoms with Crippen LogP contribution in [0.1, 0.15) is 30.1 Å². The number of sulfonamides is 1. The van der Waals surface area contributed by atoms with E-state index in [1.165, 1.54) is 28.6 Å². The first kappa shape index (κ1) is 22.5. The van der Waals surface area contributed by atoms with Crippen molar-refractivity contribution >= 4 is 33.7 Å². The Balaban J connectivity index is 1.45. The average molecular weight is 473 g/mol. The Morgan fingerprint density at radius 3 is 2.47 bits per heavy atom. The summed E-state index contributed by atoms with van der Waals surface area (Å²) in [7, 11) is -3.56. The van der Waals surface area contributed by atoms with Gasteiger partial charge in [-0.3, -0.25) is 10.1 Å². The zero-order valence-electron chi connectivity index (χ0n) is 17.8. The molecule has 168 valence electrons. The first-order valence-corrected chi connectivity index (χ1v) is 12.9. The molecule has 0 radical (unpaired) electrons. The number of anilines is 1. The monoisotopic (exact) mass is 472 g/mol. The highest BCUT2D eigenvalue weighted by atomic mass is 32.2. The third-order valence-corrected chi connectivity index (χ3v) is 8.19. The summed E-state index contributed by atoms with van der Waals surface area (Å²) in [4.78, 5) is 13.7. The van der Waals surface area contributed by atoms with E-state index in [0.717, 1.165) is 23.3 Å². The van der Waals surface area contributed by atoms with Crippen molar-refractivity contribution in [1.29, 1.82) is 0 Å². The number of nitrogens with one attached hydrogen (secondary N) is 1. The molecule has 0 spiro atoms. The molecule has 2 heterocycles. The van der Waals surface area contributed by atoms with E-state index in [-0.39, 0.29) is 10.9 Å². The Morgan fingerprint density at radius 2 is 1.78 bits per heavy atom. The van der Waals surface area contributed by atoms with Gasteiger partial charge in [-0.15, -0.1) is 16.9 Å². The van der Waals surface area contributed by atoms with Crippen molar-refractivity contribution in [3.63, 3.8) is 0 Å². The minimum atomic E-state index is -3.56. The molecule has 0 bridgehead atoms. The van der Waals surface area contributed by atoms with E-state index in [1.54, 1.807) is 11.8 Å². The van der Waals surface area contributed by atoms with E-state index in [4.69, 9.17) is 4.42 Å². The number of thioether (sulfide) groups is 1. The van der Waals surface area contributed by atoms with E-state index >= 15 is 0 Å². The summed E-state index contributed by atoms with van der Waals surface area (Å²) in [5.74, 6) is 0.378. The van der Waals surface area contributed by atoms with Crippen molar-refractivity contribution < 1.29 is 17.6 Å². The van der Waals surface area contributed by atoms with Gasteiger partial charge in [0, 0.05) is 23.5 Å². The van der Waals surface area contributed by atoms with Crippen molar-refractivity contribution in [2.45, 2.75) is 29.6 Å². The molecule has 3 aromatic rings. The van der Waals surface area contributed by atoms with Gasteiger partial charge in [0.1, 0.15) is 0 Å². The van der Waals surface area contributed by atoms with Crippen LogP contribution in [-0.4, -0.2) is 48.2 Å². The van der Waals surface area contributed by atoms with Crippen LogP contribution < -0.4 is 5.32 Å². The lowest BCUT2D eigenvalue weighted by Gasteiger charge is -2.29. The third kappa shape index (κ3) is 4.72. The lowest BCUT2D eigenvalue weighted by molar-refractivity contribution is 0.102. The number of benzene rings is 2. The predicted octanol–water partition coefficient (Wildman–Crippen LogP) is 4.13. The number of aromatic nitrogens is 2. The molecule has 1 amide bonds. The van der Waals surface area contributed by atoms with Crippen LogP contribution in [0.5, 0.6) is 0 Å². The molecular formula is C22H24N4O4S2. The highest BCUT2D eigenvalue weighted by Crippen LogP contribution is 2.30. The Kier molecular flexibility index (Phi) is 6.63. The third-order valence-electron chi connectivity index (χ3n) is 5.48. The minimum Gasteiger partial charge on any atom is -0.403 e. The lowest BCUT2D eigenvalue weighted by atomic mass is 10.0. The van der Waals surface area contributed by atoms with E-state index < -0.39 is 15.9 Å². The number of amides is 1. The van der Waals surface area contributed by atoms with E-state index in [9.17, 15) is 13.2 Å². The molecule has 0 aliphatic carbocycles. The van der Waals surface area contributed by atoms with Crippen LogP contribution in [0.3, 0.4) is 0 Å². The van der Waals surface area contributed by atoms with Crippen LogP contribution in [0.25, 0.3) is 11.5 Å². The Hall–Kier alpha value is -2.69. The molecule has 32 heavy (non-hydrogen) atoms. The van der Waals surface area contributed by atoms with Gasteiger partial charge < -0.3 is 4.42 Å². The maximum atomic E-state index is 12.8. The number of carbonyl (C=O) groups excluding carboxylic acids is 1. The van der Waals surface area contributed by atoms with Gasteiger partial charge in [0.2, 0.25) is 10.0 Å². The van der Waals surface area contributed by atoms with Crippen molar-refractivity contribution in [2.75, 3.05) is 24.7 Å². The van der Waals surface area contributed by atoms with E-state index in [1.807, 2.05) is 30.5 Å². The highest BCUT2D eigenvalue weighted by Gasteiger charge is 2.28. The largest absolute Gasteiger partial charge is 0.403 e. The van der Waals surface area contributed by atoms with Crippen LogP contribution in [0, 0.1) is 5.92 Å². The maximum absolute atomic E-state index is 12.8. The molecule has 1 aliphatic rings. The normalized spacial score (nSPS) is 15.6. The smallest absolute Gasteiger partial charge is 0.322 e. The molecule has 2 aromatic carbocycles. The number of piperidine rings is 1. The van der Waals surface area contributed by atoms with Crippen molar-refractivity contribution in [2.24, 2.45) is 5.92 Å². The Labute approximate surface area is 191 Å². The minimum absolute atomic E-state index is 0.0277. The van der Waals surface area contributed by atoms with Gasteiger partial charge in [-0.05, 0) is 61.4 Å². The lowest BCUT2D eigenvalue weighted by Crippen LogP contribution is -2.37. The first-order chi connectivity index (χ1) is 15.4. The summed E-state index contributed by atoms with van der Waals surface area (Å²) in [6.45, 7) is 3.17. The molecule has 1 aromatic heterocycles. The summed E-state index contributed by atoms with van der Waals surface area (Å²) < 4.78 is 32.8. The summed E-state index contributed by atoms with van der Waals surface area (Å²) in [6, 6.07) is 13.5. The molecule has 1 aliphatic heterocycles. The van der Waals surface area contributed by atoms with E-state index in [0.29, 0.717) is 30.5 Å². The standard InChI is InChI=1S/C22H24N4O4S2/c1-15-11-13-26(14-12-15)32(28,29)17-9-7-16(8-10-17)20(27)23-22-25-24-21(30-22)18-5-3-4-6-19(18)31-2/h3-10,15H,11-14H2,1-2H3,(H,23,25,27). The van der Waals surface area contributed by atoms with Gasteiger partial charge in [0.25, 0.3) is 11.8 Å². The van der Waals surface area contributed by atoms with Crippen LogP contribution in [0.4, 0.5) is 6.01 Å². The maximum Gasteiger partial charge on any atom is 0.322 e. The predicted molar refractivity (Wildman–Crippen MR) is 123 cm³/mol. The van der Waals surface area contributed by atoms with E-state index in [2.05, 4.69) is 22.4 Å². The molecule has 1 N–H and O–H groups in total. The Morgan fingerprint density at radius 1 is 1.09 bits per heavy atom. The van der Waals surface area contributed by atoms with Gasteiger partial charge in [-0.2, -0.15) is 4.31 Å². The summed E-state index contributed by atoms with van der Waals surface area (Å²) >= 11 is 1.56. The average Bonchev–Trinajstić information content (AvgIpc) is 3.27. The van der Waals surface area contributed by atoms with Gasteiger partial charge in [-0.25, -0.2) is 8.42 Å². The zero-order valence-corrected chi connectivity index (χ0v) is 19.4. The number of rotatable bonds is 6. The fourth-order valence-corrected chi connectivity index (χ4v) is 5.59. The molecule has 1 saturated heterocycles. The zero-order chi connectivity index (χ0) is 22.7. The van der Waals surface area contributed by atoms with Gasteiger partial charge in [0.15, 0.2) is 0 Å². The quantitative estimate of drug-likeness (QED) is 0.538. The summed E-state index contributed by atoms with van der Waals surface area (Å²) in [5, 5.41) is 10.5. The second-order valence-electron chi connectivity index (χ2n) is 7.68. The molecule has 4 rings (SSSR count). The van der Waals surface area contributed by atoms with Crippen LogP contribution in [-0.2, 0) is 10.0 Å². The van der Waals surface area contributed by atoms with Crippen LogP contribution in [0.15, 0.2) is 62.7 Å². The van der Waals surface area contributed by atoms with Gasteiger partial charge >= 0.3 is 6.01 Å². The van der Waals surface area contributed by atoms with Gasteiger partial charge in [-0.1, -0.05) is 24.2 Å². The fraction of sp³-hybridized carbons (Fsp3) is 0.318. The van der Waals surface area contributed by atoms with Crippen molar-refractivity contribution in [3.8, 4) is 11.5 Å². The van der Waals surface area contributed by atoms with Crippen molar-refractivity contribution in [3.05, 3.63) is 54.1 Å². The fourth-order valence-electron chi connectivity index (χ4n) is 3.53. The first-order valence-electron chi connectivity index (χ1n) is 10.3. The van der Waals surface area contributed by atoms with Gasteiger partial charge in [0.05, 0.1) is 10.5 Å². The second kappa shape index (κ2) is 9.43. The topological polar surface area (TPSA) is 105 Å². The molecule has 1 fully saturated rings. The van der Waals surface area contributed by atoms with Crippen LogP contribution >= 0.6 is 11.8 Å².